The third-order valence-corrected chi connectivity index (χ3v) is 3.06. The molecule has 0 fully saturated rings. The van der Waals surface area contributed by atoms with Crippen molar-refractivity contribution < 1.29 is 0 Å². The van der Waals surface area contributed by atoms with Gasteiger partial charge in [-0.15, -0.1) is 0 Å². The molecule has 0 unspecified atom stereocenters. The van der Waals surface area contributed by atoms with Gasteiger partial charge in [0.1, 0.15) is 5.82 Å². The fourth-order valence-corrected chi connectivity index (χ4v) is 2.08. The predicted octanol–water partition coefficient (Wildman–Crippen LogP) is 1.90. The van der Waals surface area contributed by atoms with E-state index in [1.54, 1.807) is 0 Å². The third kappa shape index (κ3) is 2.67. The van der Waals surface area contributed by atoms with Crippen molar-refractivity contribution in [3.8, 4) is 11.3 Å². The number of hydrogen-bond acceptors (Lipinski definition) is 5. The van der Waals surface area contributed by atoms with Gasteiger partial charge in [-0.1, -0.05) is 6.92 Å². The fourth-order valence-electron chi connectivity index (χ4n) is 2.08. The lowest BCUT2D eigenvalue weighted by atomic mass is 10.1. The minimum absolute atomic E-state index is 0.277. The fraction of sp³-hybridized carbons (Fsp3) is 0.462. The lowest BCUT2D eigenvalue weighted by Gasteiger charge is -2.08. The second-order valence-electron chi connectivity index (χ2n) is 4.59. The molecule has 0 aliphatic rings. The largest absolute Gasteiger partial charge is 0.370 e. The highest BCUT2D eigenvalue weighted by molar-refractivity contribution is 5.68. The highest BCUT2D eigenvalue weighted by Crippen LogP contribution is 2.26. The zero-order valence-electron chi connectivity index (χ0n) is 11.9. The molecule has 2 heterocycles. The summed E-state index contributed by atoms with van der Waals surface area (Å²) in [5.74, 6) is 1.03. The van der Waals surface area contributed by atoms with E-state index >= 15 is 0 Å². The Hall–Kier alpha value is -2.11. The summed E-state index contributed by atoms with van der Waals surface area (Å²) >= 11 is 0. The van der Waals surface area contributed by atoms with Gasteiger partial charge in [-0.05, 0) is 20.3 Å². The Kier molecular flexibility index (Phi) is 3.69. The molecular formula is C13H20N6. The smallest absolute Gasteiger partial charge is 0.222 e. The molecule has 0 saturated carbocycles. The summed E-state index contributed by atoms with van der Waals surface area (Å²) in [7, 11) is 1.92. The first-order valence-corrected chi connectivity index (χ1v) is 6.42. The number of rotatable bonds is 4. The zero-order valence-corrected chi connectivity index (χ0v) is 11.9. The zero-order chi connectivity index (χ0) is 14.0. The molecule has 0 saturated heterocycles. The van der Waals surface area contributed by atoms with E-state index in [-0.39, 0.29) is 5.95 Å². The van der Waals surface area contributed by atoms with Gasteiger partial charge < -0.3 is 11.1 Å². The molecule has 2 aromatic rings. The molecule has 2 rings (SSSR count). The second-order valence-corrected chi connectivity index (χ2v) is 4.59. The predicted molar refractivity (Wildman–Crippen MR) is 76.9 cm³/mol. The SMILES string of the molecule is CCCNc1cc(-c2c(C)nn(C)c2C)nc(N)n1. The molecule has 102 valence electrons. The molecule has 0 radical (unpaired) electrons. The molecule has 0 atom stereocenters. The second kappa shape index (κ2) is 5.26. The van der Waals surface area contributed by atoms with Crippen LogP contribution in [0.2, 0.25) is 0 Å². The first-order valence-electron chi connectivity index (χ1n) is 6.42. The van der Waals surface area contributed by atoms with Crippen molar-refractivity contribution in [1.29, 1.82) is 0 Å². The van der Waals surface area contributed by atoms with E-state index in [9.17, 15) is 0 Å². The quantitative estimate of drug-likeness (QED) is 0.877. The maximum Gasteiger partial charge on any atom is 0.222 e. The van der Waals surface area contributed by atoms with Gasteiger partial charge in [0.2, 0.25) is 5.95 Å². The Morgan fingerprint density at radius 2 is 2.05 bits per heavy atom. The van der Waals surface area contributed by atoms with Crippen LogP contribution in [-0.2, 0) is 7.05 Å². The van der Waals surface area contributed by atoms with E-state index in [2.05, 4.69) is 27.3 Å². The van der Waals surface area contributed by atoms with Crippen molar-refractivity contribution in [2.45, 2.75) is 27.2 Å². The van der Waals surface area contributed by atoms with Crippen LogP contribution >= 0.6 is 0 Å². The van der Waals surface area contributed by atoms with E-state index in [0.717, 1.165) is 41.4 Å². The van der Waals surface area contributed by atoms with Crippen LogP contribution in [0.25, 0.3) is 11.3 Å². The van der Waals surface area contributed by atoms with E-state index in [1.165, 1.54) is 0 Å². The molecule has 0 aliphatic carbocycles. The van der Waals surface area contributed by atoms with Crippen molar-refractivity contribution >= 4 is 11.8 Å². The normalized spacial score (nSPS) is 10.7. The van der Waals surface area contributed by atoms with Crippen LogP contribution in [0.4, 0.5) is 11.8 Å². The highest BCUT2D eigenvalue weighted by atomic mass is 15.3. The Bertz CT molecular complexity index is 587. The number of nitrogens with two attached hydrogens (primary N) is 1. The van der Waals surface area contributed by atoms with Gasteiger partial charge >= 0.3 is 0 Å². The average molecular weight is 260 g/mol. The summed E-state index contributed by atoms with van der Waals surface area (Å²) in [5, 5.41) is 7.64. The summed E-state index contributed by atoms with van der Waals surface area (Å²) in [6, 6.07) is 1.92. The lowest BCUT2D eigenvalue weighted by molar-refractivity contribution is 0.731. The first kappa shape index (κ1) is 13.3. The van der Waals surface area contributed by atoms with E-state index in [0.29, 0.717) is 0 Å². The van der Waals surface area contributed by atoms with Gasteiger partial charge in [0.15, 0.2) is 0 Å². The van der Waals surface area contributed by atoms with Crippen LogP contribution in [0.3, 0.4) is 0 Å². The molecule has 6 nitrogen and oxygen atoms in total. The van der Waals surface area contributed by atoms with Crippen LogP contribution in [-0.4, -0.2) is 26.3 Å². The third-order valence-electron chi connectivity index (χ3n) is 3.06. The Balaban J connectivity index is 2.47. The highest BCUT2D eigenvalue weighted by Gasteiger charge is 2.14. The molecule has 0 aliphatic heterocycles. The maximum atomic E-state index is 5.79. The number of anilines is 2. The molecule has 0 bridgehead atoms. The first-order chi connectivity index (χ1) is 9.02. The van der Waals surface area contributed by atoms with Crippen molar-refractivity contribution in [3.63, 3.8) is 0 Å². The van der Waals surface area contributed by atoms with Crippen LogP contribution in [0, 0.1) is 13.8 Å². The van der Waals surface area contributed by atoms with Gasteiger partial charge in [0.25, 0.3) is 0 Å². The monoisotopic (exact) mass is 260 g/mol. The van der Waals surface area contributed by atoms with Gasteiger partial charge in [-0.2, -0.15) is 10.1 Å². The number of aromatic nitrogens is 4. The molecule has 2 aromatic heterocycles. The summed E-state index contributed by atoms with van der Waals surface area (Å²) in [6.45, 7) is 6.96. The number of nitrogens with one attached hydrogen (secondary N) is 1. The van der Waals surface area contributed by atoms with Gasteiger partial charge in [0, 0.05) is 30.9 Å². The van der Waals surface area contributed by atoms with Crippen molar-refractivity contribution in [2.24, 2.45) is 7.05 Å². The summed E-state index contributed by atoms with van der Waals surface area (Å²) in [6.07, 6.45) is 1.03. The molecular weight excluding hydrogens is 240 g/mol. The molecule has 19 heavy (non-hydrogen) atoms. The van der Waals surface area contributed by atoms with Crippen LogP contribution in [0.5, 0.6) is 0 Å². The average Bonchev–Trinajstić information content (AvgIpc) is 2.60. The summed E-state index contributed by atoms with van der Waals surface area (Å²) in [5.41, 5.74) is 9.64. The van der Waals surface area contributed by atoms with Gasteiger partial charge in [0.05, 0.1) is 11.4 Å². The summed E-state index contributed by atoms with van der Waals surface area (Å²) in [4.78, 5) is 8.51. The number of aryl methyl sites for hydroxylation is 2. The van der Waals surface area contributed by atoms with Crippen molar-refractivity contribution in [1.82, 2.24) is 19.7 Å². The van der Waals surface area contributed by atoms with Crippen molar-refractivity contribution in [2.75, 3.05) is 17.6 Å². The lowest BCUT2D eigenvalue weighted by Crippen LogP contribution is -2.06. The van der Waals surface area contributed by atoms with Crippen LogP contribution in [0.15, 0.2) is 6.07 Å². The molecule has 0 amide bonds. The Morgan fingerprint density at radius 1 is 1.32 bits per heavy atom. The minimum Gasteiger partial charge on any atom is -0.370 e. The van der Waals surface area contributed by atoms with Gasteiger partial charge in [-0.3, -0.25) is 4.68 Å². The topological polar surface area (TPSA) is 81.7 Å². The van der Waals surface area contributed by atoms with E-state index < -0.39 is 0 Å². The van der Waals surface area contributed by atoms with Gasteiger partial charge in [-0.25, -0.2) is 4.98 Å². The minimum atomic E-state index is 0.277. The van der Waals surface area contributed by atoms with Crippen LogP contribution in [0.1, 0.15) is 24.7 Å². The Morgan fingerprint density at radius 3 is 2.63 bits per heavy atom. The molecule has 6 heteroatoms. The molecule has 0 aromatic carbocycles. The standard InChI is InChI=1S/C13H20N6/c1-5-6-15-11-7-10(16-13(14)17-11)12-8(2)18-19(4)9(12)3/h7H,5-6H2,1-4H3,(H3,14,15,16,17). The number of hydrogen-bond donors (Lipinski definition) is 2. The summed E-state index contributed by atoms with van der Waals surface area (Å²) < 4.78 is 1.85. The number of nitrogens with zero attached hydrogens (tertiary/aromatic N) is 4. The van der Waals surface area contributed by atoms with E-state index in [1.807, 2.05) is 31.6 Å². The maximum absolute atomic E-state index is 5.79. The Labute approximate surface area is 113 Å². The number of nitrogen functional groups attached to an aromatic ring is 1. The van der Waals surface area contributed by atoms with E-state index in [4.69, 9.17) is 5.73 Å². The van der Waals surface area contributed by atoms with Crippen molar-refractivity contribution in [3.05, 3.63) is 17.5 Å². The van der Waals surface area contributed by atoms with Crippen LogP contribution < -0.4 is 11.1 Å². The molecule has 0 spiro atoms. The molecule has 3 N–H and O–H groups in total.